The molecule has 0 aromatic heterocycles. The van der Waals surface area contributed by atoms with Crippen molar-refractivity contribution in [2.45, 2.75) is 6.92 Å². The van der Waals surface area contributed by atoms with Gasteiger partial charge in [0.25, 0.3) is 11.8 Å². The summed E-state index contributed by atoms with van der Waals surface area (Å²) in [6.07, 6.45) is 0. The molecule has 2 aromatic carbocycles. The summed E-state index contributed by atoms with van der Waals surface area (Å²) < 4.78 is 31.4. The lowest BCUT2D eigenvalue weighted by Crippen LogP contribution is -2.33. The van der Waals surface area contributed by atoms with E-state index in [-0.39, 0.29) is 18.7 Å². The zero-order valence-electron chi connectivity index (χ0n) is 13.2. The van der Waals surface area contributed by atoms with Crippen LogP contribution in [0.25, 0.3) is 0 Å². The summed E-state index contributed by atoms with van der Waals surface area (Å²) in [5.74, 6) is -3.71. The van der Waals surface area contributed by atoms with E-state index in [1.54, 1.807) is 25.1 Å². The SMILES string of the molecule is Cc1ccc2c(c1)C(=O)N(CCOC(=O)c1cc(F)ccc1F)C2=O. The number of carbonyl (C=O) groups is 3. The molecule has 128 valence electrons. The highest BCUT2D eigenvalue weighted by atomic mass is 19.1. The third-order valence-electron chi connectivity index (χ3n) is 3.82. The van der Waals surface area contributed by atoms with Crippen LogP contribution in [0.1, 0.15) is 36.6 Å². The molecule has 0 saturated carbocycles. The standard InChI is InChI=1S/C18H13F2NO4/c1-10-2-4-12-13(8-10)17(23)21(16(12)22)6-7-25-18(24)14-9-11(19)3-5-15(14)20/h2-5,8-9H,6-7H2,1H3. The van der Waals surface area contributed by atoms with Gasteiger partial charge in [0.2, 0.25) is 0 Å². The minimum atomic E-state index is -1.07. The Bertz CT molecular complexity index is 895. The van der Waals surface area contributed by atoms with E-state index >= 15 is 0 Å². The van der Waals surface area contributed by atoms with E-state index in [1.165, 1.54) is 0 Å². The predicted octanol–water partition coefficient (Wildman–Crippen LogP) is 2.73. The molecule has 0 saturated heterocycles. The minimum absolute atomic E-state index is 0.173. The van der Waals surface area contributed by atoms with E-state index in [0.717, 1.165) is 28.7 Å². The van der Waals surface area contributed by atoms with E-state index < -0.39 is 35.0 Å². The van der Waals surface area contributed by atoms with Gasteiger partial charge in [-0.1, -0.05) is 11.6 Å². The van der Waals surface area contributed by atoms with Crippen LogP contribution in [-0.2, 0) is 4.74 Å². The zero-order chi connectivity index (χ0) is 18.1. The second kappa shape index (κ2) is 6.43. The first-order valence-corrected chi connectivity index (χ1v) is 7.47. The molecule has 1 aliphatic heterocycles. The third kappa shape index (κ3) is 3.13. The largest absolute Gasteiger partial charge is 0.460 e. The molecule has 2 amide bonds. The summed E-state index contributed by atoms with van der Waals surface area (Å²) in [6.45, 7) is 1.31. The van der Waals surface area contributed by atoms with Gasteiger partial charge >= 0.3 is 5.97 Å². The molecule has 0 fully saturated rings. The van der Waals surface area contributed by atoms with Crippen molar-refractivity contribution in [3.63, 3.8) is 0 Å². The van der Waals surface area contributed by atoms with Crippen LogP contribution in [-0.4, -0.2) is 35.8 Å². The molecule has 0 bridgehead atoms. The van der Waals surface area contributed by atoms with Crippen LogP contribution >= 0.6 is 0 Å². The summed E-state index contributed by atoms with van der Waals surface area (Å²) in [4.78, 5) is 37.2. The molecule has 0 unspecified atom stereocenters. The molecule has 0 N–H and O–H groups in total. The van der Waals surface area contributed by atoms with Crippen LogP contribution in [0.5, 0.6) is 0 Å². The number of ether oxygens (including phenoxy) is 1. The van der Waals surface area contributed by atoms with Crippen LogP contribution < -0.4 is 0 Å². The molecule has 1 heterocycles. The minimum Gasteiger partial charge on any atom is -0.460 e. The van der Waals surface area contributed by atoms with Gasteiger partial charge < -0.3 is 4.74 Å². The molecular formula is C18H13F2NO4. The first-order chi connectivity index (χ1) is 11.9. The van der Waals surface area contributed by atoms with Crippen LogP contribution in [0.15, 0.2) is 36.4 Å². The molecule has 2 aromatic rings. The van der Waals surface area contributed by atoms with Gasteiger partial charge in [-0.05, 0) is 37.3 Å². The number of amides is 2. The normalized spacial score (nSPS) is 13.2. The molecule has 3 rings (SSSR count). The Morgan fingerprint density at radius 1 is 1.04 bits per heavy atom. The molecular weight excluding hydrogens is 332 g/mol. The van der Waals surface area contributed by atoms with E-state index in [4.69, 9.17) is 4.74 Å². The Morgan fingerprint density at radius 3 is 2.52 bits per heavy atom. The topological polar surface area (TPSA) is 63.7 Å². The van der Waals surface area contributed by atoms with Crippen molar-refractivity contribution in [3.05, 3.63) is 70.3 Å². The van der Waals surface area contributed by atoms with Gasteiger partial charge in [-0.25, -0.2) is 13.6 Å². The number of carbonyl (C=O) groups excluding carboxylic acids is 3. The number of aryl methyl sites for hydroxylation is 1. The molecule has 0 aliphatic carbocycles. The van der Waals surface area contributed by atoms with Crippen LogP contribution in [0.2, 0.25) is 0 Å². The monoisotopic (exact) mass is 345 g/mol. The number of nitrogens with zero attached hydrogens (tertiary/aromatic N) is 1. The van der Waals surface area contributed by atoms with E-state index in [9.17, 15) is 23.2 Å². The highest BCUT2D eigenvalue weighted by Crippen LogP contribution is 2.23. The van der Waals surface area contributed by atoms with Gasteiger partial charge in [0, 0.05) is 0 Å². The van der Waals surface area contributed by atoms with Crippen LogP contribution in [0, 0.1) is 18.6 Å². The number of hydrogen-bond donors (Lipinski definition) is 0. The van der Waals surface area contributed by atoms with Crippen molar-refractivity contribution in [2.75, 3.05) is 13.2 Å². The lowest BCUT2D eigenvalue weighted by atomic mass is 10.1. The zero-order valence-corrected chi connectivity index (χ0v) is 13.2. The fraction of sp³-hybridized carbons (Fsp3) is 0.167. The average molecular weight is 345 g/mol. The number of halogens is 2. The smallest absolute Gasteiger partial charge is 0.341 e. The van der Waals surface area contributed by atoms with Gasteiger partial charge in [0.15, 0.2) is 0 Å². The summed E-state index contributed by atoms with van der Waals surface area (Å²) in [6, 6.07) is 7.33. The predicted molar refractivity (Wildman–Crippen MR) is 83.2 cm³/mol. The number of rotatable bonds is 4. The second-order valence-corrected chi connectivity index (χ2v) is 5.57. The van der Waals surface area contributed by atoms with Crippen LogP contribution in [0.3, 0.4) is 0 Å². The molecule has 7 heteroatoms. The van der Waals surface area contributed by atoms with Crippen molar-refractivity contribution < 1.29 is 27.9 Å². The van der Waals surface area contributed by atoms with Crippen molar-refractivity contribution in [2.24, 2.45) is 0 Å². The summed E-state index contributed by atoms with van der Waals surface area (Å²) in [7, 11) is 0. The lowest BCUT2D eigenvalue weighted by Gasteiger charge is -2.13. The average Bonchev–Trinajstić information content (AvgIpc) is 2.81. The van der Waals surface area contributed by atoms with E-state index in [0.29, 0.717) is 5.56 Å². The summed E-state index contributed by atoms with van der Waals surface area (Å²) in [5.41, 5.74) is 0.887. The fourth-order valence-corrected chi connectivity index (χ4v) is 2.57. The molecule has 0 radical (unpaired) electrons. The molecule has 1 aliphatic rings. The Hall–Kier alpha value is -3.09. The highest BCUT2D eigenvalue weighted by Gasteiger charge is 2.35. The van der Waals surface area contributed by atoms with Gasteiger partial charge in [-0.3, -0.25) is 14.5 Å². The van der Waals surface area contributed by atoms with Gasteiger partial charge in [-0.2, -0.15) is 0 Å². The number of hydrogen-bond acceptors (Lipinski definition) is 4. The van der Waals surface area contributed by atoms with Crippen molar-refractivity contribution in [1.82, 2.24) is 4.90 Å². The van der Waals surface area contributed by atoms with Crippen molar-refractivity contribution in [1.29, 1.82) is 0 Å². The van der Waals surface area contributed by atoms with E-state index in [2.05, 4.69) is 0 Å². The Labute approximate surface area is 141 Å². The number of benzene rings is 2. The van der Waals surface area contributed by atoms with Gasteiger partial charge in [-0.15, -0.1) is 0 Å². The Kier molecular flexibility index (Phi) is 4.31. The highest BCUT2D eigenvalue weighted by molar-refractivity contribution is 6.21. The third-order valence-corrected chi connectivity index (χ3v) is 3.82. The second-order valence-electron chi connectivity index (χ2n) is 5.57. The first kappa shape index (κ1) is 16.8. The molecule has 0 atom stereocenters. The van der Waals surface area contributed by atoms with Gasteiger partial charge in [0.1, 0.15) is 18.2 Å². The fourth-order valence-electron chi connectivity index (χ4n) is 2.57. The van der Waals surface area contributed by atoms with Gasteiger partial charge in [0.05, 0.1) is 23.2 Å². The Morgan fingerprint density at radius 2 is 1.76 bits per heavy atom. The number of esters is 1. The first-order valence-electron chi connectivity index (χ1n) is 7.47. The number of imide groups is 1. The maximum absolute atomic E-state index is 13.5. The molecule has 25 heavy (non-hydrogen) atoms. The van der Waals surface area contributed by atoms with E-state index in [1.807, 2.05) is 0 Å². The van der Waals surface area contributed by atoms with Crippen LogP contribution in [0.4, 0.5) is 8.78 Å². The Balaban J connectivity index is 1.65. The van der Waals surface area contributed by atoms with Crippen molar-refractivity contribution in [3.8, 4) is 0 Å². The lowest BCUT2D eigenvalue weighted by molar-refractivity contribution is 0.0416. The quantitative estimate of drug-likeness (QED) is 0.631. The number of fused-ring (bicyclic) bond motifs is 1. The maximum Gasteiger partial charge on any atom is 0.341 e. The summed E-state index contributed by atoms with van der Waals surface area (Å²) >= 11 is 0. The molecule has 0 spiro atoms. The van der Waals surface area contributed by atoms with Crippen molar-refractivity contribution >= 4 is 17.8 Å². The molecule has 5 nitrogen and oxygen atoms in total. The maximum atomic E-state index is 13.5. The summed E-state index contributed by atoms with van der Waals surface area (Å²) in [5, 5.41) is 0.